The molecule has 0 bridgehead atoms. The molecule has 0 radical (unpaired) electrons. The fourth-order valence-corrected chi connectivity index (χ4v) is 1.31. The highest BCUT2D eigenvalue weighted by molar-refractivity contribution is 5.89. The molecule has 62 valence electrons. The largest absolute Gasteiger partial charge is 0.478 e. The standard InChI is InChI=1S/C8H8N2O2/c11-8(12)6-3-7-4-9-1-2-10(7)5-6/h1,3-4H,2,5H2,(H,11,12). The molecule has 4 heteroatoms. The lowest BCUT2D eigenvalue weighted by atomic mass is 10.3. The Kier molecular flexibility index (Phi) is 1.46. The molecule has 2 heterocycles. The second kappa shape index (κ2) is 2.48. The van der Waals surface area contributed by atoms with E-state index in [0.29, 0.717) is 18.7 Å². The van der Waals surface area contributed by atoms with Crippen LogP contribution in [-0.4, -0.2) is 35.3 Å². The summed E-state index contributed by atoms with van der Waals surface area (Å²) in [7, 11) is 0. The van der Waals surface area contributed by atoms with Crippen LogP contribution in [0, 0.1) is 0 Å². The average molecular weight is 164 g/mol. The lowest BCUT2D eigenvalue weighted by Gasteiger charge is -2.19. The Morgan fingerprint density at radius 1 is 1.67 bits per heavy atom. The monoisotopic (exact) mass is 164 g/mol. The number of carboxylic acids is 1. The van der Waals surface area contributed by atoms with Gasteiger partial charge < -0.3 is 10.0 Å². The minimum absolute atomic E-state index is 0.437. The first-order valence-electron chi connectivity index (χ1n) is 3.68. The third-order valence-corrected chi connectivity index (χ3v) is 1.94. The van der Waals surface area contributed by atoms with Crippen LogP contribution in [0.25, 0.3) is 0 Å². The van der Waals surface area contributed by atoms with Gasteiger partial charge in [-0.1, -0.05) is 0 Å². The molecule has 0 saturated carbocycles. The molecule has 12 heavy (non-hydrogen) atoms. The maximum atomic E-state index is 10.6. The quantitative estimate of drug-likeness (QED) is 0.604. The summed E-state index contributed by atoms with van der Waals surface area (Å²) in [6, 6.07) is 0. The summed E-state index contributed by atoms with van der Waals surface area (Å²) in [5.41, 5.74) is 1.33. The van der Waals surface area contributed by atoms with Gasteiger partial charge in [0.2, 0.25) is 0 Å². The third-order valence-electron chi connectivity index (χ3n) is 1.94. The van der Waals surface area contributed by atoms with Crippen molar-refractivity contribution in [2.45, 2.75) is 0 Å². The van der Waals surface area contributed by atoms with Crippen LogP contribution in [0.4, 0.5) is 0 Å². The van der Waals surface area contributed by atoms with Crippen molar-refractivity contribution in [2.24, 2.45) is 4.99 Å². The Hall–Kier alpha value is -1.58. The molecule has 4 nitrogen and oxygen atoms in total. The second-order valence-corrected chi connectivity index (χ2v) is 2.74. The fraction of sp³-hybridized carbons (Fsp3) is 0.250. The van der Waals surface area contributed by atoms with E-state index >= 15 is 0 Å². The van der Waals surface area contributed by atoms with Crippen molar-refractivity contribution in [1.29, 1.82) is 0 Å². The Labute approximate surface area is 69.5 Å². The molecule has 0 unspecified atom stereocenters. The predicted octanol–water partition coefficient (Wildman–Crippen LogP) is 0.239. The van der Waals surface area contributed by atoms with E-state index in [4.69, 9.17) is 5.11 Å². The number of carbonyl (C=O) groups is 1. The van der Waals surface area contributed by atoms with Crippen LogP contribution in [-0.2, 0) is 4.79 Å². The van der Waals surface area contributed by atoms with E-state index in [2.05, 4.69) is 4.99 Å². The van der Waals surface area contributed by atoms with E-state index < -0.39 is 5.97 Å². The van der Waals surface area contributed by atoms with Gasteiger partial charge in [0.15, 0.2) is 0 Å². The molecule has 0 aromatic carbocycles. The van der Waals surface area contributed by atoms with Gasteiger partial charge in [-0.15, -0.1) is 0 Å². The van der Waals surface area contributed by atoms with Crippen LogP contribution in [0.15, 0.2) is 28.5 Å². The smallest absolute Gasteiger partial charge is 0.333 e. The number of aliphatic carboxylic acids is 1. The summed E-state index contributed by atoms with van der Waals surface area (Å²) >= 11 is 0. The van der Waals surface area contributed by atoms with Gasteiger partial charge in [-0.3, -0.25) is 4.99 Å². The molecule has 0 amide bonds. The Bertz CT molecular complexity index is 315. The van der Waals surface area contributed by atoms with Crippen molar-refractivity contribution in [2.75, 3.05) is 13.1 Å². The lowest BCUT2D eigenvalue weighted by molar-refractivity contribution is -0.132. The normalized spacial score (nSPS) is 20.2. The number of fused-ring (bicyclic) bond motifs is 1. The first kappa shape index (κ1) is 7.09. The maximum absolute atomic E-state index is 10.6. The lowest BCUT2D eigenvalue weighted by Crippen LogP contribution is -2.24. The predicted molar refractivity (Wildman–Crippen MR) is 43.9 cm³/mol. The van der Waals surface area contributed by atoms with E-state index in [1.54, 1.807) is 18.5 Å². The van der Waals surface area contributed by atoms with Crippen LogP contribution < -0.4 is 0 Å². The third kappa shape index (κ3) is 1.01. The molecular weight excluding hydrogens is 156 g/mol. The molecular formula is C8H8N2O2. The first-order chi connectivity index (χ1) is 5.77. The second-order valence-electron chi connectivity index (χ2n) is 2.74. The molecule has 0 spiro atoms. The zero-order chi connectivity index (χ0) is 8.55. The number of nitrogens with zero attached hydrogens (tertiary/aromatic N) is 2. The van der Waals surface area contributed by atoms with E-state index in [1.807, 2.05) is 4.90 Å². The highest BCUT2D eigenvalue weighted by Crippen LogP contribution is 2.20. The average Bonchev–Trinajstić information content (AvgIpc) is 2.46. The van der Waals surface area contributed by atoms with E-state index in [-0.39, 0.29) is 0 Å². The molecule has 0 aromatic rings. The van der Waals surface area contributed by atoms with Crippen molar-refractivity contribution in [3.63, 3.8) is 0 Å². The van der Waals surface area contributed by atoms with Gasteiger partial charge in [-0.25, -0.2) is 4.79 Å². The molecule has 2 rings (SSSR count). The Morgan fingerprint density at radius 3 is 3.17 bits per heavy atom. The molecule has 0 aliphatic carbocycles. The van der Waals surface area contributed by atoms with Crippen LogP contribution in [0.2, 0.25) is 0 Å². The van der Waals surface area contributed by atoms with Crippen LogP contribution >= 0.6 is 0 Å². The van der Waals surface area contributed by atoms with Gasteiger partial charge in [0.05, 0.1) is 24.4 Å². The van der Waals surface area contributed by atoms with Crippen molar-refractivity contribution in [3.8, 4) is 0 Å². The summed E-state index contributed by atoms with van der Waals surface area (Å²) in [5, 5.41) is 8.70. The number of hydrogen-bond donors (Lipinski definition) is 1. The van der Waals surface area contributed by atoms with Gasteiger partial charge >= 0.3 is 5.97 Å². The maximum Gasteiger partial charge on any atom is 0.333 e. The minimum atomic E-state index is -0.842. The summed E-state index contributed by atoms with van der Waals surface area (Å²) in [4.78, 5) is 16.5. The van der Waals surface area contributed by atoms with Gasteiger partial charge in [0.1, 0.15) is 0 Å². The van der Waals surface area contributed by atoms with Crippen molar-refractivity contribution < 1.29 is 9.90 Å². The van der Waals surface area contributed by atoms with Crippen LogP contribution in [0.1, 0.15) is 0 Å². The molecule has 2 aliphatic rings. The van der Waals surface area contributed by atoms with Crippen LogP contribution in [0.3, 0.4) is 0 Å². The summed E-state index contributed by atoms with van der Waals surface area (Å²) in [6.07, 6.45) is 5.11. The number of carboxylic acid groups (broad SMARTS) is 1. The molecule has 0 atom stereocenters. The van der Waals surface area contributed by atoms with Gasteiger partial charge in [-0.05, 0) is 6.08 Å². The first-order valence-corrected chi connectivity index (χ1v) is 3.68. The van der Waals surface area contributed by atoms with E-state index in [1.165, 1.54) is 0 Å². The van der Waals surface area contributed by atoms with E-state index in [9.17, 15) is 4.79 Å². The van der Waals surface area contributed by atoms with E-state index in [0.717, 1.165) is 5.70 Å². The molecule has 2 aliphatic heterocycles. The molecule has 0 saturated heterocycles. The fourth-order valence-electron chi connectivity index (χ4n) is 1.31. The molecule has 0 fully saturated rings. The Morgan fingerprint density at radius 2 is 2.50 bits per heavy atom. The highest BCUT2D eigenvalue weighted by Gasteiger charge is 2.22. The van der Waals surface area contributed by atoms with Crippen molar-refractivity contribution in [3.05, 3.63) is 23.5 Å². The summed E-state index contributed by atoms with van der Waals surface area (Å²) < 4.78 is 0. The van der Waals surface area contributed by atoms with Crippen molar-refractivity contribution in [1.82, 2.24) is 4.90 Å². The topological polar surface area (TPSA) is 52.9 Å². The molecule has 1 N–H and O–H groups in total. The number of hydrogen-bond acceptors (Lipinski definition) is 3. The summed E-state index contributed by atoms with van der Waals surface area (Å²) in [5.74, 6) is -0.842. The number of aliphatic imine (C=N–C) groups is 1. The van der Waals surface area contributed by atoms with Gasteiger partial charge in [0, 0.05) is 12.4 Å². The zero-order valence-corrected chi connectivity index (χ0v) is 6.40. The van der Waals surface area contributed by atoms with Gasteiger partial charge in [0.25, 0.3) is 0 Å². The minimum Gasteiger partial charge on any atom is -0.478 e. The SMILES string of the molecule is O=C(O)C1=CC2=CN=CCN2C1. The number of allylic oxidation sites excluding steroid dienone is 1. The van der Waals surface area contributed by atoms with Crippen LogP contribution in [0.5, 0.6) is 0 Å². The Balaban J connectivity index is 2.27. The highest BCUT2D eigenvalue weighted by atomic mass is 16.4. The summed E-state index contributed by atoms with van der Waals surface area (Å²) in [6.45, 7) is 1.20. The molecule has 0 aromatic heterocycles. The zero-order valence-electron chi connectivity index (χ0n) is 6.40. The van der Waals surface area contributed by atoms with Gasteiger partial charge in [-0.2, -0.15) is 0 Å². The number of rotatable bonds is 1. The van der Waals surface area contributed by atoms with Crippen molar-refractivity contribution >= 4 is 12.2 Å².